The Morgan fingerprint density at radius 1 is 1.32 bits per heavy atom. The number of hydrogen-bond donors (Lipinski definition) is 2. The Balaban J connectivity index is 1.66. The third kappa shape index (κ3) is 4.97. The van der Waals surface area contributed by atoms with Crippen LogP contribution in [0.5, 0.6) is 0 Å². The molecule has 1 heterocycles. The maximum atomic E-state index is 10.1. The molecule has 1 saturated heterocycles. The van der Waals surface area contributed by atoms with Gasteiger partial charge in [0.2, 0.25) is 0 Å². The lowest BCUT2D eigenvalue weighted by Gasteiger charge is -2.26. The molecule has 1 aromatic rings. The van der Waals surface area contributed by atoms with E-state index in [-0.39, 0.29) is 0 Å². The fourth-order valence-electron chi connectivity index (χ4n) is 2.16. The molecule has 3 nitrogen and oxygen atoms in total. The third-order valence-electron chi connectivity index (χ3n) is 3.31. The van der Waals surface area contributed by atoms with Crippen LogP contribution in [0.1, 0.15) is 11.7 Å². The number of nitrogens with one attached hydrogen (secondary N) is 1. The van der Waals surface area contributed by atoms with Gasteiger partial charge in [0.25, 0.3) is 0 Å². The molecule has 19 heavy (non-hydrogen) atoms. The van der Waals surface area contributed by atoms with Crippen molar-refractivity contribution in [3.63, 3.8) is 0 Å². The van der Waals surface area contributed by atoms with Gasteiger partial charge in [-0.15, -0.1) is 0 Å². The van der Waals surface area contributed by atoms with Crippen LogP contribution in [-0.4, -0.2) is 54.2 Å². The molecule has 1 aliphatic heterocycles. The van der Waals surface area contributed by atoms with Crippen LogP contribution in [0.15, 0.2) is 24.3 Å². The highest BCUT2D eigenvalue weighted by atomic mass is 35.5. The van der Waals surface area contributed by atoms with Crippen LogP contribution in [0.3, 0.4) is 0 Å². The van der Waals surface area contributed by atoms with Crippen molar-refractivity contribution in [2.24, 2.45) is 0 Å². The molecular formula is C14H21ClN2OS. The smallest absolute Gasteiger partial charge is 0.0928 e. The summed E-state index contributed by atoms with van der Waals surface area (Å²) in [6.07, 6.45) is -0.536. The number of nitrogens with zero attached hydrogens (tertiary/aromatic N) is 1. The molecule has 0 aromatic heterocycles. The lowest BCUT2D eigenvalue weighted by molar-refractivity contribution is 0.172. The summed E-state index contributed by atoms with van der Waals surface area (Å²) in [6.45, 7) is 4.87. The van der Waals surface area contributed by atoms with Crippen molar-refractivity contribution in [3.05, 3.63) is 34.9 Å². The zero-order chi connectivity index (χ0) is 13.5. The van der Waals surface area contributed by atoms with Crippen molar-refractivity contribution in [1.29, 1.82) is 0 Å². The Kier molecular flexibility index (Phi) is 6.47. The number of benzene rings is 1. The van der Waals surface area contributed by atoms with Crippen molar-refractivity contribution in [2.75, 3.05) is 44.2 Å². The number of hydrogen-bond acceptors (Lipinski definition) is 4. The first-order valence-electron chi connectivity index (χ1n) is 6.70. The van der Waals surface area contributed by atoms with E-state index in [2.05, 4.69) is 10.2 Å². The third-order valence-corrected chi connectivity index (χ3v) is 4.60. The van der Waals surface area contributed by atoms with E-state index in [9.17, 15) is 5.11 Å². The maximum absolute atomic E-state index is 10.1. The van der Waals surface area contributed by atoms with E-state index in [4.69, 9.17) is 11.6 Å². The van der Waals surface area contributed by atoms with Gasteiger partial charge in [0.15, 0.2) is 0 Å². The Bertz CT molecular complexity index is 385. The number of rotatable bonds is 6. The van der Waals surface area contributed by atoms with E-state index in [1.165, 1.54) is 24.6 Å². The molecule has 2 N–H and O–H groups in total. The molecule has 0 aliphatic carbocycles. The van der Waals surface area contributed by atoms with Gasteiger partial charge in [-0.25, -0.2) is 0 Å². The van der Waals surface area contributed by atoms with Crippen molar-refractivity contribution < 1.29 is 5.11 Å². The van der Waals surface area contributed by atoms with E-state index in [1.54, 1.807) is 0 Å². The lowest BCUT2D eigenvalue weighted by atomic mass is 10.1. The summed E-state index contributed by atoms with van der Waals surface area (Å²) in [4.78, 5) is 2.46. The van der Waals surface area contributed by atoms with Gasteiger partial charge in [-0.2, -0.15) is 11.8 Å². The number of halogens is 1. The van der Waals surface area contributed by atoms with Crippen LogP contribution < -0.4 is 5.32 Å². The van der Waals surface area contributed by atoms with Gasteiger partial charge in [-0.05, 0) is 6.07 Å². The summed E-state index contributed by atoms with van der Waals surface area (Å²) in [5, 5.41) is 14.0. The Hall–Kier alpha value is -0.260. The van der Waals surface area contributed by atoms with Gasteiger partial charge >= 0.3 is 0 Å². The van der Waals surface area contributed by atoms with Crippen LogP contribution in [0.25, 0.3) is 0 Å². The molecule has 0 radical (unpaired) electrons. The summed E-state index contributed by atoms with van der Waals surface area (Å²) in [6, 6.07) is 7.46. The summed E-state index contributed by atoms with van der Waals surface area (Å²) < 4.78 is 0. The minimum Gasteiger partial charge on any atom is -0.387 e. The van der Waals surface area contributed by atoms with Gasteiger partial charge < -0.3 is 15.3 Å². The maximum Gasteiger partial charge on any atom is 0.0928 e. The lowest BCUT2D eigenvalue weighted by Crippen LogP contribution is -2.38. The fourth-order valence-corrected chi connectivity index (χ4v) is 3.40. The first-order valence-corrected chi connectivity index (χ1v) is 8.24. The van der Waals surface area contributed by atoms with E-state index >= 15 is 0 Å². The predicted octanol–water partition coefficient (Wildman–Crippen LogP) is 2.01. The van der Waals surface area contributed by atoms with Crippen LogP contribution in [0.4, 0.5) is 0 Å². The SMILES string of the molecule is OC(CNCCN1CCSCC1)c1ccccc1Cl. The molecule has 1 unspecified atom stereocenters. The highest BCUT2D eigenvalue weighted by Crippen LogP contribution is 2.21. The van der Waals surface area contributed by atoms with Gasteiger partial charge in [0.1, 0.15) is 0 Å². The van der Waals surface area contributed by atoms with Crippen molar-refractivity contribution in [3.8, 4) is 0 Å². The molecule has 1 atom stereocenters. The van der Waals surface area contributed by atoms with Crippen molar-refractivity contribution in [2.45, 2.75) is 6.10 Å². The summed E-state index contributed by atoms with van der Waals surface area (Å²) >= 11 is 8.08. The van der Waals surface area contributed by atoms with Gasteiger partial charge in [0, 0.05) is 54.8 Å². The van der Waals surface area contributed by atoms with Gasteiger partial charge in [-0.1, -0.05) is 29.8 Å². The first kappa shape index (κ1) is 15.1. The minimum absolute atomic E-state index is 0.536. The Labute approximate surface area is 124 Å². The second-order valence-corrected chi connectivity index (χ2v) is 6.33. The summed E-state index contributed by atoms with van der Waals surface area (Å²) in [7, 11) is 0. The van der Waals surface area contributed by atoms with Crippen LogP contribution in [0.2, 0.25) is 5.02 Å². The molecule has 2 rings (SSSR count). The van der Waals surface area contributed by atoms with E-state index in [0.717, 1.165) is 18.7 Å². The van der Waals surface area contributed by atoms with E-state index in [0.29, 0.717) is 11.6 Å². The molecule has 5 heteroatoms. The Morgan fingerprint density at radius 2 is 2.05 bits per heavy atom. The van der Waals surface area contributed by atoms with Gasteiger partial charge in [0.05, 0.1) is 6.10 Å². The number of aliphatic hydroxyl groups is 1. The average molecular weight is 301 g/mol. The largest absolute Gasteiger partial charge is 0.387 e. The molecule has 1 aliphatic rings. The second kappa shape index (κ2) is 8.12. The summed E-state index contributed by atoms with van der Waals surface area (Å²) in [5.74, 6) is 2.48. The molecule has 0 amide bonds. The Morgan fingerprint density at radius 3 is 2.79 bits per heavy atom. The van der Waals surface area contributed by atoms with Crippen LogP contribution >= 0.6 is 23.4 Å². The van der Waals surface area contributed by atoms with Gasteiger partial charge in [-0.3, -0.25) is 0 Å². The monoisotopic (exact) mass is 300 g/mol. The van der Waals surface area contributed by atoms with Crippen molar-refractivity contribution >= 4 is 23.4 Å². The molecular weight excluding hydrogens is 280 g/mol. The molecule has 1 aromatic carbocycles. The van der Waals surface area contributed by atoms with Crippen LogP contribution in [-0.2, 0) is 0 Å². The highest BCUT2D eigenvalue weighted by molar-refractivity contribution is 7.99. The van der Waals surface area contributed by atoms with Crippen molar-refractivity contribution in [1.82, 2.24) is 10.2 Å². The zero-order valence-electron chi connectivity index (χ0n) is 11.0. The first-order chi connectivity index (χ1) is 9.27. The highest BCUT2D eigenvalue weighted by Gasteiger charge is 2.12. The normalized spacial score (nSPS) is 18.4. The average Bonchev–Trinajstić information content (AvgIpc) is 2.45. The van der Waals surface area contributed by atoms with E-state index < -0.39 is 6.10 Å². The quantitative estimate of drug-likeness (QED) is 0.788. The number of thioether (sulfide) groups is 1. The van der Waals surface area contributed by atoms with E-state index in [1.807, 2.05) is 36.0 Å². The number of aliphatic hydroxyl groups excluding tert-OH is 1. The standard InChI is InChI=1S/C14H21ClN2OS/c15-13-4-2-1-3-12(13)14(18)11-16-5-6-17-7-9-19-10-8-17/h1-4,14,16,18H,5-11H2. The molecule has 0 bridgehead atoms. The topological polar surface area (TPSA) is 35.5 Å². The predicted molar refractivity (Wildman–Crippen MR) is 83.0 cm³/mol. The summed E-state index contributed by atoms with van der Waals surface area (Å²) in [5.41, 5.74) is 0.797. The molecule has 106 valence electrons. The molecule has 1 fully saturated rings. The minimum atomic E-state index is -0.536. The fraction of sp³-hybridized carbons (Fsp3) is 0.571. The molecule has 0 spiro atoms. The zero-order valence-corrected chi connectivity index (χ0v) is 12.6. The second-order valence-electron chi connectivity index (χ2n) is 4.70. The van der Waals surface area contributed by atoms with Crippen LogP contribution in [0, 0.1) is 0 Å². The molecule has 0 saturated carbocycles.